The number of nitrogens with one attached hydrogen (secondary N) is 2. The SMILES string of the molecule is COc1ccc(CNC(=O)[C@H](NC(=O)c2cccs2)C(C)C)cn1. The van der Waals surface area contributed by atoms with Crippen molar-refractivity contribution in [1.29, 1.82) is 0 Å². The summed E-state index contributed by atoms with van der Waals surface area (Å²) in [6.45, 7) is 4.13. The third-order valence-corrected chi connectivity index (χ3v) is 4.32. The Hall–Kier alpha value is -2.41. The van der Waals surface area contributed by atoms with Gasteiger partial charge in [-0.05, 0) is 22.9 Å². The molecular weight excluding hydrogens is 326 g/mol. The molecule has 2 aromatic rings. The molecule has 0 bridgehead atoms. The van der Waals surface area contributed by atoms with Crippen molar-refractivity contribution in [2.24, 2.45) is 5.92 Å². The van der Waals surface area contributed by atoms with E-state index in [-0.39, 0.29) is 17.7 Å². The van der Waals surface area contributed by atoms with Crippen LogP contribution in [0.1, 0.15) is 29.1 Å². The minimum atomic E-state index is -0.592. The fourth-order valence-electron chi connectivity index (χ4n) is 2.09. The number of thiophene rings is 1. The van der Waals surface area contributed by atoms with Crippen molar-refractivity contribution in [2.75, 3.05) is 7.11 Å². The Kier molecular flexibility index (Phi) is 6.31. The van der Waals surface area contributed by atoms with Crippen LogP contribution in [0.2, 0.25) is 0 Å². The summed E-state index contributed by atoms with van der Waals surface area (Å²) in [4.78, 5) is 29.3. The van der Waals surface area contributed by atoms with Crippen LogP contribution in [0.3, 0.4) is 0 Å². The van der Waals surface area contributed by atoms with E-state index in [1.54, 1.807) is 31.5 Å². The molecular formula is C17H21N3O3S. The third kappa shape index (κ3) is 4.79. The number of aromatic nitrogens is 1. The van der Waals surface area contributed by atoms with Gasteiger partial charge in [-0.1, -0.05) is 26.0 Å². The van der Waals surface area contributed by atoms with Gasteiger partial charge in [-0.3, -0.25) is 9.59 Å². The maximum Gasteiger partial charge on any atom is 0.262 e. The van der Waals surface area contributed by atoms with Crippen LogP contribution in [-0.2, 0) is 11.3 Å². The topological polar surface area (TPSA) is 80.3 Å². The molecule has 0 aromatic carbocycles. The van der Waals surface area contributed by atoms with Crippen LogP contribution in [0.4, 0.5) is 0 Å². The number of methoxy groups -OCH3 is 1. The molecule has 0 aliphatic carbocycles. The second kappa shape index (κ2) is 8.44. The van der Waals surface area contributed by atoms with Crippen molar-refractivity contribution >= 4 is 23.2 Å². The van der Waals surface area contributed by atoms with Crippen LogP contribution in [0.15, 0.2) is 35.8 Å². The minimum absolute atomic E-state index is 0.0251. The monoisotopic (exact) mass is 347 g/mol. The smallest absolute Gasteiger partial charge is 0.262 e. The first-order valence-electron chi connectivity index (χ1n) is 7.62. The molecule has 0 spiro atoms. The van der Waals surface area contributed by atoms with Crippen molar-refractivity contribution in [3.63, 3.8) is 0 Å². The Morgan fingerprint density at radius 1 is 1.29 bits per heavy atom. The Balaban J connectivity index is 1.94. The van der Waals surface area contributed by atoms with Gasteiger partial charge in [0.1, 0.15) is 6.04 Å². The largest absolute Gasteiger partial charge is 0.481 e. The Labute approximate surface area is 145 Å². The molecule has 0 radical (unpaired) electrons. The van der Waals surface area contributed by atoms with Crippen LogP contribution in [0.5, 0.6) is 5.88 Å². The van der Waals surface area contributed by atoms with E-state index in [9.17, 15) is 9.59 Å². The Morgan fingerprint density at radius 3 is 2.62 bits per heavy atom. The van der Waals surface area contributed by atoms with E-state index < -0.39 is 6.04 Å². The van der Waals surface area contributed by atoms with Crippen molar-refractivity contribution < 1.29 is 14.3 Å². The van der Waals surface area contributed by atoms with Crippen LogP contribution in [0, 0.1) is 5.92 Å². The van der Waals surface area contributed by atoms with Gasteiger partial charge >= 0.3 is 0 Å². The maximum atomic E-state index is 12.4. The van der Waals surface area contributed by atoms with E-state index in [0.29, 0.717) is 17.3 Å². The zero-order valence-corrected chi connectivity index (χ0v) is 14.7. The quantitative estimate of drug-likeness (QED) is 0.805. The molecule has 6 nitrogen and oxygen atoms in total. The van der Waals surface area contributed by atoms with E-state index in [1.165, 1.54) is 11.3 Å². The van der Waals surface area contributed by atoms with Crippen LogP contribution < -0.4 is 15.4 Å². The summed E-state index contributed by atoms with van der Waals surface area (Å²) in [5, 5.41) is 7.46. The lowest BCUT2D eigenvalue weighted by molar-refractivity contribution is -0.124. The molecule has 0 fully saturated rings. The number of carbonyl (C=O) groups excluding carboxylic acids is 2. The van der Waals surface area contributed by atoms with E-state index in [1.807, 2.05) is 25.3 Å². The first-order chi connectivity index (χ1) is 11.5. The van der Waals surface area contributed by atoms with Crippen molar-refractivity contribution in [3.8, 4) is 5.88 Å². The fourth-order valence-corrected chi connectivity index (χ4v) is 2.72. The molecule has 0 unspecified atom stereocenters. The van der Waals surface area contributed by atoms with Crippen LogP contribution in [-0.4, -0.2) is 29.9 Å². The zero-order chi connectivity index (χ0) is 17.5. The molecule has 2 aromatic heterocycles. The molecule has 2 heterocycles. The first kappa shape index (κ1) is 17.9. The summed E-state index contributed by atoms with van der Waals surface area (Å²) in [6.07, 6.45) is 1.65. The van der Waals surface area contributed by atoms with E-state index in [4.69, 9.17) is 4.74 Å². The third-order valence-electron chi connectivity index (χ3n) is 3.45. The lowest BCUT2D eigenvalue weighted by Crippen LogP contribution is -2.49. The van der Waals surface area contributed by atoms with Gasteiger partial charge in [0.25, 0.3) is 5.91 Å². The number of carbonyl (C=O) groups is 2. The summed E-state index contributed by atoms with van der Waals surface area (Å²) < 4.78 is 5.00. The van der Waals surface area contributed by atoms with Gasteiger partial charge in [0.15, 0.2) is 0 Å². The lowest BCUT2D eigenvalue weighted by Gasteiger charge is -2.21. The molecule has 7 heteroatoms. The van der Waals surface area contributed by atoms with Gasteiger partial charge in [-0.25, -0.2) is 4.98 Å². The van der Waals surface area contributed by atoms with E-state index in [2.05, 4.69) is 15.6 Å². The average Bonchev–Trinajstić information content (AvgIpc) is 3.12. The molecule has 0 saturated carbocycles. The van der Waals surface area contributed by atoms with Gasteiger partial charge in [0.2, 0.25) is 11.8 Å². The highest BCUT2D eigenvalue weighted by molar-refractivity contribution is 7.12. The summed E-state index contributed by atoms with van der Waals surface area (Å²) in [5.74, 6) is 0.0481. The predicted molar refractivity (Wildman–Crippen MR) is 93.0 cm³/mol. The van der Waals surface area contributed by atoms with Gasteiger partial charge in [0.05, 0.1) is 12.0 Å². The number of amides is 2. The number of pyridine rings is 1. The summed E-state index contributed by atoms with van der Waals surface area (Å²) in [7, 11) is 1.55. The van der Waals surface area contributed by atoms with Crippen molar-refractivity contribution in [1.82, 2.24) is 15.6 Å². The van der Waals surface area contributed by atoms with Gasteiger partial charge < -0.3 is 15.4 Å². The average molecular weight is 347 g/mol. The summed E-state index contributed by atoms with van der Waals surface area (Å²) in [5.41, 5.74) is 0.858. The van der Waals surface area contributed by atoms with Crippen LogP contribution >= 0.6 is 11.3 Å². The Bertz CT molecular complexity index is 669. The molecule has 0 aliphatic heterocycles. The normalized spacial score (nSPS) is 11.8. The Morgan fingerprint density at radius 2 is 2.08 bits per heavy atom. The zero-order valence-electron chi connectivity index (χ0n) is 13.9. The highest BCUT2D eigenvalue weighted by Gasteiger charge is 2.24. The number of rotatable bonds is 7. The van der Waals surface area contributed by atoms with Crippen molar-refractivity contribution in [2.45, 2.75) is 26.4 Å². The molecule has 2 rings (SSSR count). The first-order valence-corrected chi connectivity index (χ1v) is 8.50. The highest BCUT2D eigenvalue weighted by Crippen LogP contribution is 2.11. The molecule has 24 heavy (non-hydrogen) atoms. The number of ether oxygens (including phenoxy) is 1. The van der Waals surface area contributed by atoms with E-state index in [0.717, 1.165) is 5.56 Å². The number of hydrogen-bond donors (Lipinski definition) is 2. The van der Waals surface area contributed by atoms with E-state index >= 15 is 0 Å². The second-order valence-electron chi connectivity index (χ2n) is 5.60. The molecule has 1 atom stereocenters. The van der Waals surface area contributed by atoms with Gasteiger partial charge in [0, 0.05) is 18.8 Å². The molecule has 0 saturated heterocycles. The fraction of sp³-hybridized carbons (Fsp3) is 0.353. The van der Waals surface area contributed by atoms with Gasteiger partial charge in [-0.2, -0.15) is 0 Å². The molecule has 0 aliphatic rings. The summed E-state index contributed by atoms with van der Waals surface area (Å²) >= 11 is 1.35. The second-order valence-corrected chi connectivity index (χ2v) is 6.55. The minimum Gasteiger partial charge on any atom is -0.481 e. The lowest BCUT2D eigenvalue weighted by atomic mass is 10.0. The summed E-state index contributed by atoms with van der Waals surface area (Å²) in [6, 6.07) is 6.52. The molecule has 128 valence electrons. The maximum absolute atomic E-state index is 12.4. The highest BCUT2D eigenvalue weighted by atomic mass is 32.1. The molecule has 2 N–H and O–H groups in total. The number of hydrogen-bond acceptors (Lipinski definition) is 5. The van der Waals surface area contributed by atoms with Crippen LogP contribution in [0.25, 0.3) is 0 Å². The van der Waals surface area contributed by atoms with Crippen molar-refractivity contribution in [3.05, 3.63) is 46.3 Å². The standard InChI is InChI=1S/C17H21N3O3S/c1-11(2)15(20-16(21)13-5-4-8-24-13)17(22)19-10-12-6-7-14(23-3)18-9-12/h4-9,11,15H,10H2,1-3H3,(H,19,22)(H,20,21)/t15-/m1/s1. The van der Waals surface area contributed by atoms with Gasteiger partial charge in [-0.15, -0.1) is 11.3 Å². The predicted octanol–water partition coefficient (Wildman–Crippen LogP) is 2.22. The molecule has 2 amide bonds. The number of nitrogens with zero attached hydrogens (tertiary/aromatic N) is 1.